The van der Waals surface area contributed by atoms with Crippen LogP contribution < -0.4 is 0 Å². The van der Waals surface area contributed by atoms with Crippen LogP contribution >= 0.6 is 0 Å². The lowest BCUT2D eigenvalue weighted by Crippen LogP contribution is -2.30. The van der Waals surface area contributed by atoms with Crippen LogP contribution in [-0.2, 0) is 23.8 Å². The van der Waals surface area contributed by atoms with Crippen molar-refractivity contribution in [3.8, 4) is 0 Å². The van der Waals surface area contributed by atoms with E-state index in [1.54, 1.807) is 0 Å². The first-order valence-electron chi connectivity index (χ1n) is 25.5. The van der Waals surface area contributed by atoms with Gasteiger partial charge < -0.3 is 14.2 Å². The zero-order valence-electron chi connectivity index (χ0n) is 39.1. The molecule has 1 unspecified atom stereocenters. The summed E-state index contributed by atoms with van der Waals surface area (Å²) >= 11 is 0. The lowest BCUT2D eigenvalue weighted by molar-refractivity contribution is -0.163. The molecule has 0 heterocycles. The highest BCUT2D eigenvalue weighted by Crippen LogP contribution is 2.15. The van der Waals surface area contributed by atoms with Gasteiger partial charge in [-0.3, -0.25) is 9.59 Å². The van der Waals surface area contributed by atoms with Crippen LogP contribution in [0, 0.1) is 0 Å². The third-order valence-electron chi connectivity index (χ3n) is 11.2. The zero-order chi connectivity index (χ0) is 42.1. The fourth-order valence-electron chi connectivity index (χ4n) is 7.34. The first kappa shape index (κ1) is 56.1. The molecular weight excluding hydrogens is 717 g/mol. The van der Waals surface area contributed by atoms with Crippen molar-refractivity contribution in [1.29, 1.82) is 0 Å². The molecule has 0 aromatic rings. The van der Waals surface area contributed by atoms with Crippen LogP contribution in [0.1, 0.15) is 265 Å². The van der Waals surface area contributed by atoms with Gasteiger partial charge in [0, 0.05) is 19.4 Å². The Morgan fingerprint density at radius 3 is 1.19 bits per heavy atom. The Labute approximate surface area is 361 Å². The SMILES string of the molecule is CCCCC/C=C\C/C=C\C/C=C\CCCCCCCCCOCC(COC(=O)CCCCCCCCCCCCCCCCC)OC(=O)CCCCCCCCC. The number of allylic oxidation sites excluding steroid dienone is 6. The summed E-state index contributed by atoms with van der Waals surface area (Å²) in [5.74, 6) is -0.396. The topological polar surface area (TPSA) is 61.8 Å². The molecule has 0 amide bonds. The predicted octanol–water partition coefficient (Wildman–Crippen LogP) is 17.0. The number of carbonyl (C=O) groups excluding carboxylic acids is 2. The van der Waals surface area contributed by atoms with E-state index in [2.05, 4.69) is 57.2 Å². The normalized spacial score (nSPS) is 12.4. The highest BCUT2D eigenvalue weighted by Gasteiger charge is 2.17. The van der Waals surface area contributed by atoms with Crippen LogP contribution in [0.25, 0.3) is 0 Å². The Hall–Kier alpha value is -1.88. The van der Waals surface area contributed by atoms with Crippen molar-refractivity contribution in [2.24, 2.45) is 0 Å². The number of esters is 2. The summed E-state index contributed by atoms with van der Waals surface area (Å²) in [7, 11) is 0. The molecule has 0 N–H and O–H groups in total. The van der Waals surface area contributed by atoms with E-state index < -0.39 is 6.10 Å². The maximum absolute atomic E-state index is 12.7. The third-order valence-corrected chi connectivity index (χ3v) is 11.2. The smallest absolute Gasteiger partial charge is 0.306 e. The summed E-state index contributed by atoms with van der Waals surface area (Å²) in [5, 5.41) is 0. The van der Waals surface area contributed by atoms with E-state index in [1.165, 1.54) is 180 Å². The second kappa shape index (κ2) is 49.5. The van der Waals surface area contributed by atoms with E-state index in [1.807, 2.05) is 0 Å². The number of carbonyl (C=O) groups is 2. The first-order valence-corrected chi connectivity index (χ1v) is 25.5. The van der Waals surface area contributed by atoms with Gasteiger partial charge in [-0.1, -0.05) is 231 Å². The molecule has 58 heavy (non-hydrogen) atoms. The van der Waals surface area contributed by atoms with Gasteiger partial charge in [-0.05, 0) is 57.8 Å². The Morgan fingerprint density at radius 2 is 0.724 bits per heavy atom. The van der Waals surface area contributed by atoms with Gasteiger partial charge in [-0.2, -0.15) is 0 Å². The molecule has 0 spiro atoms. The maximum Gasteiger partial charge on any atom is 0.306 e. The van der Waals surface area contributed by atoms with E-state index in [9.17, 15) is 9.59 Å². The van der Waals surface area contributed by atoms with Crippen molar-refractivity contribution < 1.29 is 23.8 Å². The fraction of sp³-hybridized carbons (Fsp3) is 0.849. The van der Waals surface area contributed by atoms with E-state index >= 15 is 0 Å². The molecule has 0 radical (unpaired) electrons. The second-order valence-electron chi connectivity index (χ2n) is 17.1. The number of ether oxygens (including phenoxy) is 3. The van der Waals surface area contributed by atoms with Crippen LogP contribution in [0.15, 0.2) is 36.5 Å². The summed E-state index contributed by atoms with van der Waals surface area (Å²) in [6.45, 7) is 7.78. The van der Waals surface area contributed by atoms with Gasteiger partial charge in [-0.25, -0.2) is 0 Å². The van der Waals surface area contributed by atoms with Gasteiger partial charge in [0.1, 0.15) is 6.61 Å². The van der Waals surface area contributed by atoms with E-state index in [0.29, 0.717) is 19.4 Å². The van der Waals surface area contributed by atoms with E-state index in [4.69, 9.17) is 14.2 Å². The molecule has 5 nitrogen and oxygen atoms in total. The summed E-state index contributed by atoms with van der Waals surface area (Å²) in [4.78, 5) is 25.2. The molecule has 0 fully saturated rings. The molecule has 0 aliphatic carbocycles. The molecule has 0 aromatic heterocycles. The molecule has 340 valence electrons. The van der Waals surface area contributed by atoms with Gasteiger partial charge in [0.05, 0.1) is 6.61 Å². The summed E-state index contributed by atoms with van der Waals surface area (Å²) in [6, 6.07) is 0. The lowest BCUT2D eigenvalue weighted by atomic mass is 10.0. The van der Waals surface area contributed by atoms with Crippen molar-refractivity contribution in [2.75, 3.05) is 19.8 Å². The Morgan fingerprint density at radius 1 is 0.379 bits per heavy atom. The average Bonchev–Trinajstić information content (AvgIpc) is 3.22. The highest BCUT2D eigenvalue weighted by molar-refractivity contribution is 5.70. The van der Waals surface area contributed by atoms with Crippen LogP contribution in [0.4, 0.5) is 0 Å². The molecule has 5 heteroatoms. The minimum Gasteiger partial charge on any atom is -0.462 e. The predicted molar refractivity (Wildman–Crippen MR) is 252 cm³/mol. The largest absolute Gasteiger partial charge is 0.462 e. The Balaban J connectivity index is 4.10. The second-order valence-corrected chi connectivity index (χ2v) is 17.1. The molecule has 0 saturated heterocycles. The molecule has 0 aromatic carbocycles. The zero-order valence-corrected chi connectivity index (χ0v) is 39.1. The average molecular weight is 815 g/mol. The quantitative estimate of drug-likeness (QED) is 0.0348. The number of rotatable bonds is 47. The summed E-state index contributed by atoms with van der Waals surface area (Å²) in [6.07, 6.45) is 58.8. The van der Waals surface area contributed by atoms with Crippen molar-refractivity contribution in [2.45, 2.75) is 271 Å². The van der Waals surface area contributed by atoms with Crippen molar-refractivity contribution in [3.63, 3.8) is 0 Å². The van der Waals surface area contributed by atoms with Crippen molar-refractivity contribution in [3.05, 3.63) is 36.5 Å². The van der Waals surface area contributed by atoms with E-state index in [-0.39, 0.29) is 25.2 Å². The van der Waals surface area contributed by atoms with Crippen LogP contribution in [0.2, 0.25) is 0 Å². The van der Waals surface area contributed by atoms with Crippen LogP contribution in [0.3, 0.4) is 0 Å². The number of hydrogen-bond acceptors (Lipinski definition) is 5. The van der Waals surface area contributed by atoms with Crippen LogP contribution in [-0.4, -0.2) is 37.9 Å². The molecule has 0 saturated carbocycles. The number of unbranched alkanes of at least 4 members (excludes halogenated alkanes) is 30. The molecule has 1 atom stereocenters. The third kappa shape index (κ3) is 46.8. The molecular formula is C53H98O5. The minimum absolute atomic E-state index is 0.0864. The van der Waals surface area contributed by atoms with Crippen molar-refractivity contribution in [1.82, 2.24) is 0 Å². The van der Waals surface area contributed by atoms with Gasteiger partial charge in [-0.15, -0.1) is 0 Å². The van der Waals surface area contributed by atoms with E-state index in [0.717, 1.165) is 51.4 Å². The molecule has 0 aliphatic heterocycles. The maximum atomic E-state index is 12.7. The molecule has 0 rings (SSSR count). The lowest BCUT2D eigenvalue weighted by Gasteiger charge is -2.18. The summed E-state index contributed by atoms with van der Waals surface area (Å²) in [5.41, 5.74) is 0. The van der Waals surface area contributed by atoms with Crippen molar-refractivity contribution >= 4 is 11.9 Å². The molecule has 0 bridgehead atoms. The standard InChI is InChI=1S/C53H98O5/c1-4-7-10-13-16-18-20-22-24-25-26-27-28-30-32-34-36-39-42-45-48-56-49-51(58-53(55)47-44-41-37-15-12-9-6-3)50-57-52(54)46-43-40-38-35-33-31-29-23-21-19-17-14-11-8-5-2/h16,18,22,24,26-27,51H,4-15,17,19-21,23,25,28-50H2,1-3H3/b18-16-,24-22-,27-26-. The van der Waals surface area contributed by atoms with Gasteiger partial charge in [0.2, 0.25) is 0 Å². The molecule has 0 aliphatic rings. The summed E-state index contributed by atoms with van der Waals surface area (Å²) < 4.78 is 17.3. The minimum atomic E-state index is -0.533. The number of hydrogen-bond donors (Lipinski definition) is 0. The monoisotopic (exact) mass is 815 g/mol. The van der Waals surface area contributed by atoms with Gasteiger partial charge in [0.15, 0.2) is 6.10 Å². The Kier molecular flexibility index (Phi) is 47.9. The van der Waals surface area contributed by atoms with Gasteiger partial charge in [0.25, 0.3) is 0 Å². The fourth-order valence-corrected chi connectivity index (χ4v) is 7.34. The highest BCUT2D eigenvalue weighted by atomic mass is 16.6. The Bertz CT molecular complexity index is 924. The van der Waals surface area contributed by atoms with Gasteiger partial charge >= 0.3 is 11.9 Å². The van der Waals surface area contributed by atoms with Crippen LogP contribution in [0.5, 0.6) is 0 Å². The first-order chi connectivity index (χ1) is 28.6.